The van der Waals surface area contributed by atoms with Crippen LogP contribution in [-0.4, -0.2) is 33.7 Å². The first kappa shape index (κ1) is 21.6. The Morgan fingerprint density at radius 3 is 2.69 bits per heavy atom. The number of ether oxygens (including phenoxy) is 1. The number of nitrogens with one attached hydrogen (secondary N) is 2. The Bertz CT molecular complexity index is 1320. The number of rotatable bonds is 8. The molecule has 4 aliphatic carbocycles. The van der Waals surface area contributed by atoms with E-state index in [-0.39, 0.29) is 22.9 Å². The molecule has 35 heavy (non-hydrogen) atoms. The fourth-order valence-electron chi connectivity index (χ4n) is 5.54. The van der Waals surface area contributed by atoms with Crippen LogP contribution in [0.25, 0.3) is 11.1 Å². The molecule has 0 radical (unpaired) electrons. The maximum atomic E-state index is 12.2. The molecule has 2 aromatic heterocycles. The lowest BCUT2D eigenvalue weighted by atomic mass is 9.77. The molecule has 2 amide bonds. The number of anilines is 3. The minimum Gasteiger partial charge on any atom is -0.494 e. The summed E-state index contributed by atoms with van der Waals surface area (Å²) in [5.74, 6) is 1.19. The van der Waals surface area contributed by atoms with Crippen molar-refractivity contribution in [2.24, 2.45) is 17.6 Å². The average Bonchev–Trinajstić information content (AvgIpc) is 3.22. The molecule has 0 spiro atoms. The van der Waals surface area contributed by atoms with Gasteiger partial charge >= 0.3 is 0 Å². The summed E-state index contributed by atoms with van der Waals surface area (Å²) in [5, 5.41) is 10.8. The fourth-order valence-corrected chi connectivity index (χ4v) is 5.54. The van der Waals surface area contributed by atoms with Gasteiger partial charge in [0.05, 0.1) is 35.8 Å². The van der Waals surface area contributed by atoms with E-state index in [4.69, 9.17) is 15.6 Å². The topological polar surface area (TPSA) is 124 Å². The number of benzene rings is 1. The van der Waals surface area contributed by atoms with E-state index in [1.54, 1.807) is 13.2 Å². The number of hydrogen-bond donors (Lipinski definition) is 3. The molecule has 1 aromatic carbocycles. The van der Waals surface area contributed by atoms with Gasteiger partial charge in [0.2, 0.25) is 5.91 Å². The van der Waals surface area contributed by atoms with Gasteiger partial charge in [-0.1, -0.05) is 12.1 Å². The molecule has 3 aromatic rings. The Labute approximate surface area is 203 Å². The number of primary amides is 1. The van der Waals surface area contributed by atoms with E-state index in [1.807, 2.05) is 24.4 Å². The van der Waals surface area contributed by atoms with Gasteiger partial charge in [-0.25, -0.2) is 4.98 Å². The maximum absolute atomic E-state index is 12.2. The van der Waals surface area contributed by atoms with Crippen molar-refractivity contribution in [3.8, 4) is 16.9 Å². The Hall–Kier alpha value is -3.88. The molecule has 9 heteroatoms. The number of pyridine rings is 1. The number of methoxy groups -OCH3 is 1. The van der Waals surface area contributed by atoms with E-state index in [1.165, 1.54) is 31.9 Å². The highest BCUT2D eigenvalue weighted by molar-refractivity contribution is 6.01. The second-order valence-corrected chi connectivity index (χ2v) is 9.97. The number of hydrogen-bond acceptors (Lipinski definition) is 6. The average molecular weight is 473 g/mol. The van der Waals surface area contributed by atoms with Gasteiger partial charge in [0.25, 0.3) is 5.91 Å². The third-order valence-corrected chi connectivity index (χ3v) is 7.59. The zero-order valence-electron chi connectivity index (χ0n) is 19.6. The van der Waals surface area contributed by atoms with Crippen LogP contribution in [0.1, 0.15) is 48.9 Å². The van der Waals surface area contributed by atoms with Crippen molar-refractivity contribution in [2.75, 3.05) is 17.7 Å². The molecule has 0 unspecified atom stereocenters. The van der Waals surface area contributed by atoms with Gasteiger partial charge in [-0.05, 0) is 50.5 Å². The van der Waals surface area contributed by atoms with E-state index < -0.39 is 5.91 Å². The van der Waals surface area contributed by atoms with Gasteiger partial charge in [0.1, 0.15) is 11.6 Å². The Balaban J connectivity index is 1.32. The molecule has 4 aliphatic rings. The second-order valence-electron chi connectivity index (χ2n) is 9.97. The summed E-state index contributed by atoms with van der Waals surface area (Å²) < 4.78 is 7.94. The van der Waals surface area contributed by atoms with Crippen LogP contribution in [0.5, 0.6) is 5.75 Å². The van der Waals surface area contributed by atoms with E-state index in [0.717, 1.165) is 29.9 Å². The van der Waals surface area contributed by atoms with Crippen molar-refractivity contribution in [2.45, 2.75) is 44.1 Å². The van der Waals surface area contributed by atoms with Gasteiger partial charge in [0, 0.05) is 35.5 Å². The summed E-state index contributed by atoms with van der Waals surface area (Å²) in [5.41, 5.74) is 8.96. The van der Waals surface area contributed by atoms with Crippen LogP contribution in [0, 0.1) is 11.8 Å². The largest absolute Gasteiger partial charge is 0.494 e. The molecule has 4 saturated carbocycles. The molecule has 4 N–H and O–H groups in total. The third kappa shape index (κ3) is 3.80. The molecule has 2 heterocycles. The smallest absolute Gasteiger partial charge is 0.252 e. The summed E-state index contributed by atoms with van der Waals surface area (Å²) in [7, 11) is 1.61. The Morgan fingerprint density at radius 1 is 1.17 bits per heavy atom. The molecular weight excluding hydrogens is 444 g/mol. The quantitative estimate of drug-likeness (QED) is 0.454. The number of para-hydroxylation sites is 1. The van der Waals surface area contributed by atoms with Crippen molar-refractivity contribution in [3.05, 3.63) is 48.4 Å². The van der Waals surface area contributed by atoms with E-state index in [0.29, 0.717) is 22.9 Å². The molecular formula is C26H28N6O3. The highest BCUT2D eigenvalue weighted by atomic mass is 16.5. The Kier molecular flexibility index (Phi) is 5.01. The van der Waals surface area contributed by atoms with Crippen molar-refractivity contribution >= 4 is 29.0 Å². The molecule has 2 bridgehead atoms. The second kappa shape index (κ2) is 8.11. The number of carbonyl (C=O) groups is 2. The number of aromatic nitrogens is 3. The van der Waals surface area contributed by atoms with Crippen LogP contribution in [0.2, 0.25) is 0 Å². The highest BCUT2D eigenvalue weighted by Crippen LogP contribution is 2.56. The standard InChI is InChI=1S/C26H28N6O3/c1-35-23-18(17-12-29-32(14-17)26-8-7-15(10-26)11-26)3-2-4-20(23)30-21-9-22(28-13-19(21)24(27)33)31-25(34)16-5-6-16/h2-4,9,12-16H,5-8,10-11H2,1H3,(H2,27,33)(H2,28,30,31,34). The molecule has 0 saturated heterocycles. The fraction of sp³-hybridized carbons (Fsp3) is 0.385. The van der Waals surface area contributed by atoms with E-state index in [2.05, 4.69) is 26.5 Å². The first-order chi connectivity index (χ1) is 17.0. The van der Waals surface area contributed by atoms with Crippen LogP contribution in [0.3, 0.4) is 0 Å². The predicted octanol–water partition coefficient (Wildman–Crippen LogP) is 4.04. The molecule has 9 nitrogen and oxygen atoms in total. The molecule has 4 fully saturated rings. The number of amides is 2. The monoisotopic (exact) mass is 472 g/mol. The van der Waals surface area contributed by atoms with E-state index >= 15 is 0 Å². The number of nitrogens with two attached hydrogens (primary N) is 1. The van der Waals surface area contributed by atoms with Crippen LogP contribution in [0.4, 0.5) is 17.2 Å². The Morgan fingerprint density at radius 2 is 2.00 bits per heavy atom. The highest BCUT2D eigenvalue weighted by Gasteiger charge is 2.52. The number of fused-ring (bicyclic) bond motifs is 1. The SMILES string of the molecule is COc1c(Nc2cc(NC(=O)C3CC3)ncc2C(N)=O)cccc1-c1cnn(C23CCC(C2)C3)c1. The maximum Gasteiger partial charge on any atom is 0.252 e. The minimum absolute atomic E-state index is 0.0383. The number of nitrogens with zero attached hydrogens (tertiary/aromatic N) is 3. The summed E-state index contributed by atoms with van der Waals surface area (Å²) in [6.07, 6.45) is 12.0. The van der Waals surface area contributed by atoms with Gasteiger partial charge in [-0.15, -0.1) is 0 Å². The lowest BCUT2D eigenvalue weighted by Crippen LogP contribution is -2.38. The van der Waals surface area contributed by atoms with Gasteiger partial charge in [-0.2, -0.15) is 5.10 Å². The first-order valence-corrected chi connectivity index (χ1v) is 12.1. The van der Waals surface area contributed by atoms with Crippen LogP contribution < -0.4 is 21.1 Å². The zero-order chi connectivity index (χ0) is 24.2. The van der Waals surface area contributed by atoms with Crippen molar-refractivity contribution in [1.82, 2.24) is 14.8 Å². The van der Waals surface area contributed by atoms with Gasteiger partial charge in [-0.3, -0.25) is 14.3 Å². The molecule has 7 rings (SSSR count). The molecule has 0 aliphatic heterocycles. The summed E-state index contributed by atoms with van der Waals surface area (Å²) in [6.45, 7) is 0. The minimum atomic E-state index is -0.619. The van der Waals surface area contributed by atoms with Crippen LogP contribution in [0.15, 0.2) is 42.9 Å². The lowest BCUT2D eigenvalue weighted by Gasteiger charge is -2.38. The molecule has 0 atom stereocenters. The van der Waals surface area contributed by atoms with Crippen molar-refractivity contribution in [3.63, 3.8) is 0 Å². The normalized spacial score (nSPS) is 22.4. The van der Waals surface area contributed by atoms with E-state index in [9.17, 15) is 9.59 Å². The number of carbonyl (C=O) groups excluding carboxylic acids is 2. The summed E-state index contributed by atoms with van der Waals surface area (Å²) in [6, 6.07) is 7.40. The van der Waals surface area contributed by atoms with Crippen LogP contribution >= 0.6 is 0 Å². The van der Waals surface area contributed by atoms with Crippen molar-refractivity contribution in [1.29, 1.82) is 0 Å². The summed E-state index contributed by atoms with van der Waals surface area (Å²) in [4.78, 5) is 28.5. The first-order valence-electron chi connectivity index (χ1n) is 12.1. The predicted molar refractivity (Wildman–Crippen MR) is 132 cm³/mol. The van der Waals surface area contributed by atoms with Crippen LogP contribution in [-0.2, 0) is 10.3 Å². The van der Waals surface area contributed by atoms with Gasteiger partial charge in [0.15, 0.2) is 0 Å². The summed E-state index contributed by atoms with van der Waals surface area (Å²) >= 11 is 0. The zero-order valence-corrected chi connectivity index (χ0v) is 19.6. The molecule has 180 valence electrons. The lowest BCUT2D eigenvalue weighted by molar-refractivity contribution is -0.117. The van der Waals surface area contributed by atoms with Crippen molar-refractivity contribution < 1.29 is 14.3 Å². The third-order valence-electron chi connectivity index (χ3n) is 7.59. The van der Waals surface area contributed by atoms with Gasteiger partial charge < -0.3 is 21.1 Å².